The average Bonchev–Trinajstić information content (AvgIpc) is 4.03. The third kappa shape index (κ3) is 8.68. The molecule has 4 atom stereocenters. The molecule has 5 aromatic rings. The number of methoxy groups -OCH3 is 2. The number of piperazine rings is 1. The van der Waals surface area contributed by atoms with E-state index in [1.807, 2.05) is 4.90 Å². The van der Waals surface area contributed by atoms with Crippen LogP contribution in [0.4, 0.5) is 38.3 Å². The number of nitrogens with zero attached hydrogens (tertiary/aromatic N) is 6. The highest BCUT2D eigenvalue weighted by atomic mass is 19.4. The molecule has 3 aromatic carbocycles. The number of aromatic nitrogens is 3. The van der Waals surface area contributed by atoms with Gasteiger partial charge in [-0.15, -0.1) is 0 Å². The number of pyridine rings is 1. The van der Waals surface area contributed by atoms with Crippen molar-refractivity contribution in [2.24, 2.45) is 11.1 Å². The monoisotopic (exact) mass is 931 g/mol. The van der Waals surface area contributed by atoms with Crippen LogP contribution in [0, 0.1) is 24.0 Å². The van der Waals surface area contributed by atoms with Crippen molar-refractivity contribution in [1.29, 1.82) is 0 Å². The number of ether oxygens (including phenoxy) is 5. The molecule has 0 unspecified atom stereocenters. The van der Waals surface area contributed by atoms with Crippen LogP contribution in [0.3, 0.4) is 0 Å². The van der Waals surface area contributed by atoms with Crippen molar-refractivity contribution in [2.45, 2.75) is 109 Å². The van der Waals surface area contributed by atoms with Crippen molar-refractivity contribution in [3.8, 4) is 34.6 Å². The van der Waals surface area contributed by atoms with Gasteiger partial charge in [0, 0.05) is 37.2 Å². The molecular formula is C49H54F5N7O6. The van der Waals surface area contributed by atoms with Crippen molar-refractivity contribution < 1.29 is 50.4 Å². The smallest absolute Gasteiger partial charge is 0.417 e. The molecule has 4 aliphatic rings. The Balaban J connectivity index is 1.22. The fourth-order valence-corrected chi connectivity index (χ4v) is 9.75. The van der Waals surface area contributed by atoms with Crippen molar-refractivity contribution in [3.63, 3.8) is 0 Å². The standard InChI is InChI=1S/C49H54F5N7O6/c1-26-37(49(52,53)54)33(20-35(38(26)50)59(21-28-8-13-31(63-6)14-9-28)22-29-10-15-32(64-7)16-11-29)40-39(51)41-36-43(58-45(57-41)65-25-48(24-55)18-19-48)60-23-30-12-17-34(42(60)27(2)66-44(36)56-40)61(30)46(62)67-47(3,4)5/h8-11,13-16,20,27,30,34,42H,12,17-19,21-25,55H2,1-7H3/t27-,30+,34-,42+/m0/s1. The quantitative estimate of drug-likeness (QED) is 0.119. The molecule has 1 saturated carbocycles. The van der Waals surface area contributed by atoms with Gasteiger partial charge < -0.3 is 39.2 Å². The van der Waals surface area contributed by atoms with Gasteiger partial charge in [0.05, 0.1) is 50.2 Å². The number of hydrogen-bond acceptors (Lipinski definition) is 12. The molecule has 2 N–H and O–H groups in total. The fraction of sp³-hybridized carbons (Fsp3) is 0.469. The number of rotatable bonds is 12. The summed E-state index contributed by atoms with van der Waals surface area (Å²) in [6.45, 7) is 8.97. The molecule has 67 heavy (non-hydrogen) atoms. The largest absolute Gasteiger partial charge is 0.497 e. The van der Waals surface area contributed by atoms with Crippen molar-refractivity contribution >= 4 is 28.5 Å². The van der Waals surface area contributed by atoms with Gasteiger partial charge in [-0.05, 0) is 107 Å². The summed E-state index contributed by atoms with van der Waals surface area (Å²) in [6, 6.07) is 13.5. The summed E-state index contributed by atoms with van der Waals surface area (Å²) < 4.78 is 111. The van der Waals surface area contributed by atoms with Crippen LogP contribution in [0.1, 0.15) is 75.6 Å². The molecule has 18 heteroatoms. The highest BCUT2D eigenvalue weighted by Crippen LogP contribution is 2.50. The second-order valence-electron chi connectivity index (χ2n) is 19.1. The highest BCUT2D eigenvalue weighted by Gasteiger charge is 2.54. The zero-order valence-corrected chi connectivity index (χ0v) is 38.5. The zero-order valence-electron chi connectivity index (χ0n) is 38.5. The van der Waals surface area contributed by atoms with E-state index in [1.54, 1.807) is 86.0 Å². The van der Waals surface area contributed by atoms with E-state index >= 15 is 22.0 Å². The molecule has 1 aliphatic carbocycles. The maximum Gasteiger partial charge on any atom is 0.417 e. The van der Waals surface area contributed by atoms with Gasteiger partial charge in [-0.1, -0.05) is 24.3 Å². The zero-order chi connectivity index (χ0) is 47.7. The van der Waals surface area contributed by atoms with E-state index in [0.29, 0.717) is 42.0 Å². The Labute approximate surface area is 385 Å². The van der Waals surface area contributed by atoms with Crippen LogP contribution < -0.4 is 34.5 Å². The number of halogens is 5. The minimum absolute atomic E-state index is 0.0290. The minimum Gasteiger partial charge on any atom is -0.497 e. The Bertz CT molecular complexity index is 2640. The SMILES string of the molecule is COc1ccc(CN(Cc2ccc(OC)cc2)c2cc(-c3nc4c5c(nc(OCC6(CN)CC6)nc5c3F)N3C[C@H]5CC[C@@H]([C@H]3[C@H](C)O4)N5C(=O)OC(C)(C)C)c(C(F)(F)F)c(C)c2F)cc1. The van der Waals surface area contributed by atoms with Crippen LogP contribution in [-0.4, -0.2) is 89.7 Å². The number of nitrogens with two attached hydrogens (primary N) is 1. The molecule has 3 aliphatic heterocycles. The summed E-state index contributed by atoms with van der Waals surface area (Å²) >= 11 is 0. The third-order valence-electron chi connectivity index (χ3n) is 13.4. The number of benzene rings is 3. The van der Waals surface area contributed by atoms with E-state index in [-0.39, 0.29) is 66.5 Å². The summed E-state index contributed by atoms with van der Waals surface area (Å²) in [6.07, 6.45) is -3.57. The summed E-state index contributed by atoms with van der Waals surface area (Å²) in [4.78, 5) is 33.0. The van der Waals surface area contributed by atoms with E-state index in [2.05, 4.69) is 9.97 Å². The predicted octanol–water partition coefficient (Wildman–Crippen LogP) is 9.38. The normalized spacial score (nSPS) is 20.5. The molecule has 2 bridgehead atoms. The Morgan fingerprint density at radius 3 is 2.10 bits per heavy atom. The lowest BCUT2D eigenvalue weighted by atomic mass is 9.95. The number of hydrogen-bond donors (Lipinski definition) is 1. The van der Waals surface area contributed by atoms with Crippen LogP contribution in [0.25, 0.3) is 22.2 Å². The van der Waals surface area contributed by atoms with Gasteiger partial charge in [0.1, 0.15) is 51.4 Å². The first-order valence-corrected chi connectivity index (χ1v) is 22.4. The minimum atomic E-state index is -5.17. The van der Waals surface area contributed by atoms with Gasteiger partial charge in [-0.2, -0.15) is 23.1 Å². The van der Waals surface area contributed by atoms with Gasteiger partial charge in [0.15, 0.2) is 5.82 Å². The average molecular weight is 932 g/mol. The second-order valence-corrected chi connectivity index (χ2v) is 19.1. The predicted molar refractivity (Wildman–Crippen MR) is 241 cm³/mol. The lowest BCUT2D eigenvalue weighted by molar-refractivity contribution is -0.137. The number of carbonyl (C=O) groups excluding carboxylic acids is 1. The van der Waals surface area contributed by atoms with Crippen molar-refractivity contribution in [2.75, 3.05) is 43.7 Å². The molecule has 13 nitrogen and oxygen atoms in total. The van der Waals surface area contributed by atoms with Gasteiger partial charge in [0.2, 0.25) is 5.88 Å². The van der Waals surface area contributed by atoms with Crippen LogP contribution in [0.5, 0.6) is 23.4 Å². The van der Waals surface area contributed by atoms with Crippen LogP contribution >= 0.6 is 0 Å². The lowest BCUT2D eigenvalue weighted by Gasteiger charge is -2.48. The Morgan fingerprint density at radius 1 is 0.925 bits per heavy atom. The van der Waals surface area contributed by atoms with Gasteiger partial charge in [0.25, 0.3) is 0 Å². The maximum absolute atomic E-state index is 17.9. The summed E-state index contributed by atoms with van der Waals surface area (Å²) in [5.41, 5.74) is 2.13. The van der Waals surface area contributed by atoms with E-state index < -0.39 is 75.6 Å². The van der Waals surface area contributed by atoms with Crippen LogP contribution in [0.2, 0.25) is 0 Å². The topological polar surface area (TPSA) is 138 Å². The van der Waals surface area contributed by atoms with Crippen molar-refractivity contribution in [1.82, 2.24) is 19.9 Å². The first kappa shape index (κ1) is 46.0. The Hall–Kier alpha value is -6.17. The number of carbonyl (C=O) groups is 1. The van der Waals surface area contributed by atoms with Gasteiger partial charge in [-0.3, -0.25) is 4.90 Å². The second kappa shape index (κ2) is 17.2. The highest BCUT2D eigenvalue weighted by molar-refractivity contribution is 5.98. The van der Waals surface area contributed by atoms with Crippen LogP contribution in [0.15, 0.2) is 54.6 Å². The summed E-state index contributed by atoms with van der Waals surface area (Å²) in [5, 5.41) is 0.0290. The van der Waals surface area contributed by atoms with E-state index in [9.17, 15) is 4.79 Å². The van der Waals surface area contributed by atoms with E-state index in [1.165, 1.54) is 14.2 Å². The first-order chi connectivity index (χ1) is 31.8. The molecule has 0 radical (unpaired) electrons. The molecule has 2 aromatic heterocycles. The molecule has 1 amide bonds. The number of fused-ring (bicyclic) bond motifs is 5. The van der Waals surface area contributed by atoms with E-state index in [0.717, 1.165) is 25.8 Å². The number of amides is 1. The molecule has 5 heterocycles. The number of anilines is 2. The third-order valence-corrected chi connectivity index (χ3v) is 13.4. The molecule has 356 valence electrons. The first-order valence-electron chi connectivity index (χ1n) is 22.4. The van der Waals surface area contributed by atoms with E-state index in [4.69, 9.17) is 34.4 Å². The Kier molecular flexibility index (Phi) is 11.8. The molecular weight excluding hydrogens is 878 g/mol. The summed E-state index contributed by atoms with van der Waals surface area (Å²) in [5.74, 6) is -1.21. The van der Waals surface area contributed by atoms with Gasteiger partial charge in [-0.25, -0.2) is 18.6 Å². The van der Waals surface area contributed by atoms with Gasteiger partial charge >= 0.3 is 18.3 Å². The fourth-order valence-electron chi connectivity index (χ4n) is 9.75. The Morgan fingerprint density at radius 2 is 1.55 bits per heavy atom. The molecule has 0 spiro atoms. The van der Waals surface area contributed by atoms with Crippen molar-refractivity contribution in [3.05, 3.63) is 88.5 Å². The summed E-state index contributed by atoms with van der Waals surface area (Å²) in [7, 11) is 3.05. The lowest BCUT2D eigenvalue weighted by Crippen LogP contribution is -2.65. The molecule has 9 rings (SSSR count). The van der Waals surface area contributed by atoms with Crippen LogP contribution in [-0.2, 0) is 24.0 Å². The number of alkyl halides is 3. The maximum atomic E-state index is 17.9. The molecule has 3 fully saturated rings. The molecule has 2 saturated heterocycles.